The summed E-state index contributed by atoms with van der Waals surface area (Å²) in [4.78, 5) is 15.2. The third-order valence-corrected chi connectivity index (χ3v) is 10.8. The van der Waals surface area contributed by atoms with E-state index in [-0.39, 0.29) is 0 Å². The molecule has 55 heavy (non-hydrogen) atoms. The lowest BCUT2D eigenvalue weighted by molar-refractivity contribution is 1.07. The van der Waals surface area contributed by atoms with Crippen LogP contribution < -0.4 is 0 Å². The fourth-order valence-electron chi connectivity index (χ4n) is 8.11. The lowest BCUT2D eigenvalue weighted by Crippen LogP contribution is -2.02. The van der Waals surface area contributed by atoms with Gasteiger partial charge in [0.1, 0.15) is 0 Å². The lowest BCUT2D eigenvalue weighted by atomic mass is 9.97. The van der Waals surface area contributed by atoms with Crippen molar-refractivity contribution >= 4 is 54.1 Å². The van der Waals surface area contributed by atoms with Crippen molar-refractivity contribution in [3.8, 4) is 51.0 Å². The summed E-state index contributed by atoms with van der Waals surface area (Å²) in [5, 5.41) is 9.70. The number of aromatic nitrogens is 4. The molecule has 0 radical (unpaired) electrons. The molecule has 11 rings (SSSR count). The second kappa shape index (κ2) is 12.6. The molecule has 4 nitrogen and oxygen atoms in total. The molecule has 256 valence electrons. The third-order valence-electron chi connectivity index (χ3n) is 10.8. The Hall–Kier alpha value is -7.43. The van der Waals surface area contributed by atoms with Gasteiger partial charge < -0.3 is 4.57 Å². The summed E-state index contributed by atoms with van der Waals surface area (Å²) in [7, 11) is 0. The molecule has 0 amide bonds. The number of nitrogens with zero attached hydrogens (tertiary/aromatic N) is 4. The highest BCUT2D eigenvalue weighted by molar-refractivity contribution is 6.21. The van der Waals surface area contributed by atoms with Gasteiger partial charge in [0.25, 0.3) is 0 Å². The average molecular weight is 701 g/mol. The fourth-order valence-corrected chi connectivity index (χ4v) is 8.11. The SMILES string of the molecule is c1ccc(-c2nc(-c3ccccc3)nc(-c3ccc(-n4c5cc6ccccc6cc5c5ccc6ccccc6c54)c(-c4ccc5ccccc5c4)c3)n2)cc1. The van der Waals surface area contributed by atoms with Gasteiger partial charge in [0.05, 0.1) is 16.7 Å². The van der Waals surface area contributed by atoms with Crippen LogP contribution in [0.5, 0.6) is 0 Å². The zero-order valence-electron chi connectivity index (χ0n) is 29.8. The molecule has 9 aromatic carbocycles. The Balaban J connectivity index is 1.23. The highest BCUT2D eigenvalue weighted by Crippen LogP contribution is 2.42. The summed E-state index contributed by atoms with van der Waals surface area (Å²) in [5.74, 6) is 1.91. The minimum atomic E-state index is 0.625. The summed E-state index contributed by atoms with van der Waals surface area (Å²) in [6.45, 7) is 0. The first-order valence-corrected chi connectivity index (χ1v) is 18.6. The minimum Gasteiger partial charge on any atom is -0.308 e. The Morgan fingerprint density at radius 2 is 0.836 bits per heavy atom. The van der Waals surface area contributed by atoms with Crippen LogP contribution in [-0.4, -0.2) is 19.5 Å². The van der Waals surface area contributed by atoms with Crippen LogP contribution in [0, 0.1) is 0 Å². The molecule has 0 aliphatic carbocycles. The standard InChI is InChI=1S/C51H32N4/c1-3-15-35(16-4-1)49-52-50(36-17-5-2-6-18-36)54-51(53-49)41-26-28-46(44(31-41)40-24-23-33-13-7-8-19-37(33)29-40)55-47-32-39-21-10-9-20-38(39)30-45(47)43-27-25-34-14-11-12-22-42(34)48(43)55/h1-32H. The Bertz CT molecular complexity index is 3200. The van der Waals surface area contributed by atoms with E-state index in [0.29, 0.717) is 17.5 Å². The maximum atomic E-state index is 5.12. The van der Waals surface area contributed by atoms with E-state index < -0.39 is 0 Å². The molecule has 11 aromatic rings. The van der Waals surface area contributed by atoms with Gasteiger partial charge in [-0.2, -0.15) is 0 Å². The van der Waals surface area contributed by atoms with Crippen LogP contribution in [0.3, 0.4) is 0 Å². The van der Waals surface area contributed by atoms with Crippen LogP contribution in [0.15, 0.2) is 194 Å². The lowest BCUT2D eigenvalue weighted by Gasteiger charge is -2.17. The quantitative estimate of drug-likeness (QED) is 0.179. The second-order valence-corrected chi connectivity index (χ2v) is 14.1. The number of hydrogen-bond donors (Lipinski definition) is 0. The average Bonchev–Trinajstić information content (AvgIpc) is 3.59. The Labute approximate surface area is 317 Å². The van der Waals surface area contributed by atoms with Crippen LogP contribution in [0.1, 0.15) is 0 Å². The molecule has 4 heteroatoms. The Morgan fingerprint density at radius 1 is 0.309 bits per heavy atom. The number of benzene rings is 9. The number of rotatable bonds is 5. The molecule has 0 aliphatic heterocycles. The van der Waals surface area contributed by atoms with E-state index in [4.69, 9.17) is 15.0 Å². The molecule has 0 N–H and O–H groups in total. The van der Waals surface area contributed by atoms with Crippen molar-refractivity contribution in [1.82, 2.24) is 19.5 Å². The van der Waals surface area contributed by atoms with Crippen LogP contribution in [0.25, 0.3) is 105 Å². The van der Waals surface area contributed by atoms with Gasteiger partial charge >= 0.3 is 0 Å². The molecule has 0 aliphatic rings. The molecular weight excluding hydrogens is 669 g/mol. The summed E-state index contributed by atoms with van der Waals surface area (Å²) >= 11 is 0. The van der Waals surface area contributed by atoms with Gasteiger partial charge in [-0.3, -0.25) is 0 Å². The normalized spacial score (nSPS) is 11.6. The van der Waals surface area contributed by atoms with Crippen LogP contribution >= 0.6 is 0 Å². The van der Waals surface area contributed by atoms with E-state index >= 15 is 0 Å². The van der Waals surface area contributed by atoms with Gasteiger partial charge in [0.15, 0.2) is 17.5 Å². The maximum absolute atomic E-state index is 5.12. The van der Waals surface area contributed by atoms with E-state index in [1.807, 2.05) is 60.7 Å². The predicted molar refractivity (Wildman–Crippen MR) is 228 cm³/mol. The Kier molecular flexibility index (Phi) is 7.14. The van der Waals surface area contributed by atoms with Crippen molar-refractivity contribution in [2.75, 3.05) is 0 Å². The molecule has 0 saturated heterocycles. The highest BCUT2D eigenvalue weighted by Gasteiger charge is 2.21. The Morgan fingerprint density at radius 3 is 1.53 bits per heavy atom. The molecule has 0 atom stereocenters. The van der Waals surface area contributed by atoms with Gasteiger partial charge in [-0.25, -0.2) is 15.0 Å². The number of fused-ring (bicyclic) bond motifs is 7. The zero-order chi connectivity index (χ0) is 36.3. The summed E-state index contributed by atoms with van der Waals surface area (Å²) in [6, 6.07) is 68.9. The second-order valence-electron chi connectivity index (χ2n) is 14.1. The van der Waals surface area contributed by atoms with Gasteiger partial charge in [0, 0.05) is 38.4 Å². The van der Waals surface area contributed by atoms with Crippen molar-refractivity contribution in [3.63, 3.8) is 0 Å². The smallest absolute Gasteiger partial charge is 0.164 e. The largest absolute Gasteiger partial charge is 0.308 e. The van der Waals surface area contributed by atoms with Gasteiger partial charge in [-0.1, -0.05) is 158 Å². The summed E-state index contributed by atoms with van der Waals surface area (Å²) < 4.78 is 2.48. The molecule has 2 aromatic heterocycles. The van der Waals surface area contributed by atoms with E-state index in [2.05, 4.69) is 138 Å². The van der Waals surface area contributed by atoms with Crippen LogP contribution in [-0.2, 0) is 0 Å². The van der Waals surface area contributed by atoms with Crippen molar-refractivity contribution in [2.45, 2.75) is 0 Å². The van der Waals surface area contributed by atoms with Crippen molar-refractivity contribution < 1.29 is 0 Å². The van der Waals surface area contributed by atoms with E-state index in [0.717, 1.165) is 39.0 Å². The minimum absolute atomic E-state index is 0.625. The molecule has 0 bridgehead atoms. The molecule has 2 heterocycles. The van der Waals surface area contributed by atoms with Crippen LogP contribution in [0.4, 0.5) is 0 Å². The van der Waals surface area contributed by atoms with Gasteiger partial charge in [-0.05, 0) is 68.9 Å². The maximum Gasteiger partial charge on any atom is 0.164 e. The zero-order valence-corrected chi connectivity index (χ0v) is 29.8. The van der Waals surface area contributed by atoms with E-state index in [1.165, 1.54) is 48.6 Å². The number of hydrogen-bond acceptors (Lipinski definition) is 3. The molecule has 0 unspecified atom stereocenters. The summed E-state index contributed by atoms with van der Waals surface area (Å²) in [6.07, 6.45) is 0. The van der Waals surface area contributed by atoms with Gasteiger partial charge in [-0.15, -0.1) is 0 Å². The van der Waals surface area contributed by atoms with Crippen molar-refractivity contribution in [1.29, 1.82) is 0 Å². The highest BCUT2D eigenvalue weighted by atomic mass is 15.0. The topological polar surface area (TPSA) is 43.6 Å². The van der Waals surface area contributed by atoms with E-state index in [1.54, 1.807) is 0 Å². The van der Waals surface area contributed by atoms with Gasteiger partial charge in [0.2, 0.25) is 0 Å². The first-order valence-electron chi connectivity index (χ1n) is 18.6. The first-order chi connectivity index (χ1) is 27.2. The summed E-state index contributed by atoms with van der Waals surface area (Å²) in [5.41, 5.74) is 8.45. The third kappa shape index (κ3) is 5.26. The molecule has 0 spiro atoms. The van der Waals surface area contributed by atoms with Crippen molar-refractivity contribution in [2.24, 2.45) is 0 Å². The molecule has 0 fully saturated rings. The van der Waals surface area contributed by atoms with Crippen LogP contribution in [0.2, 0.25) is 0 Å². The first kappa shape index (κ1) is 31.1. The monoisotopic (exact) mass is 700 g/mol. The molecular formula is C51H32N4. The van der Waals surface area contributed by atoms with E-state index in [9.17, 15) is 0 Å². The molecule has 0 saturated carbocycles. The predicted octanol–water partition coefficient (Wildman–Crippen LogP) is 13.1. The fraction of sp³-hybridized carbons (Fsp3) is 0. The van der Waals surface area contributed by atoms with Crippen molar-refractivity contribution in [3.05, 3.63) is 194 Å².